The van der Waals surface area contributed by atoms with Crippen LogP contribution in [0.3, 0.4) is 0 Å². The van der Waals surface area contributed by atoms with Crippen molar-refractivity contribution in [3.05, 3.63) is 84.7 Å². The van der Waals surface area contributed by atoms with Crippen LogP contribution < -0.4 is 5.56 Å². The maximum Gasteiger partial charge on any atom is 0.267 e. The van der Waals surface area contributed by atoms with Gasteiger partial charge in [0.15, 0.2) is 5.16 Å². The van der Waals surface area contributed by atoms with E-state index >= 15 is 0 Å². The molecule has 4 aromatic rings. The van der Waals surface area contributed by atoms with Crippen LogP contribution in [-0.2, 0) is 18.6 Å². The first-order valence-corrected chi connectivity index (χ1v) is 12.8. The fraction of sp³-hybridized carbons (Fsp3) is 0.280. The van der Waals surface area contributed by atoms with Crippen LogP contribution in [0, 0.1) is 19.7 Å². The highest BCUT2D eigenvalue weighted by atomic mass is 35.5. The summed E-state index contributed by atoms with van der Waals surface area (Å²) in [7, 11) is 0. The number of hydrogen-bond acceptors (Lipinski definition) is 4. The minimum Gasteiger partial charge on any atom is -0.268 e. The number of thiophene rings is 1. The second-order valence-electron chi connectivity index (χ2n) is 8.18. The Morgan fingerprint density at radius 2 is 1.97 bits per heavy atom. The summed E-state index contributed by atoms with van der Waals surface area (Å²) in [4.78, 5) is 20.8. The molecule has 0 bridgehead atoms. The van der Waals surface area contributed by atoms with Crippen molar-refractivity contribution >= 4 is 44.9 Å². The topological polar surface area (TPSA) is 34.9 Å². The Hall–Kier alpha value is -2.15. The highest BCUT2D eigenvalue weighted by Crippen LogP contribution is 2.36. The molecule has 0 N–H and O–H groups in total. The first-order valence-electron chi connectivity index (χ1n) is 10.6. The zero-order valence-electron chi connectivity index (χ0n) is 17.9. The molecule has 0 saturated heterocycles. The van der Waals surface area contributed by atoms with Crippen LogP contribution in [0.4, 0.5) is 4.39 Å². The Kier molecular flexibility index (Phi) is 5.86. The quantitative estimate of drug-likeness (QED) is 0.230. The SMILES string of the molecule is Cc1ccc(-n2c(SCc3c(F)cccc3Cl)nc3sc4c(c3c2=O)CCCC4)cc1C. The van der Waals surface area contributed by atoms with Crippen LogP contribution in [0.25, 0.3) is 15.9 Å². The molecule has 5 rings (SSSR count). The van der Waals surface area contributed by atoms with Gasteiger partial charge in [0, 0.05) is 21.2 Å². The van der Waals surface area contributed by atoms with Crippen molar-refractivity contribution in [2.24, 2.45) is 0 Å². The molecule has 3 nitrogen and oxygen atoms in total. The van der Waals surface area contributed by atoms with Gasteiger partial charge < -0.3 is 0 Å². The average Bonchev–Trinajstić information content (AvgIpc) is 3.14. The third-order valence-electron chi connectivity index (χ3n) is 6.11. The zero-order valence-corrected chi connectivity index (χ0v) is 20.3. The lowest BCUT2D eigenvalue weighted by Crippen LogP contribution is -2.22. The van der Waals surface area contributed by atoms with Gasteiger partial charge in [0.1, 0.15) is 10.6 Å². The van der Waals surface area contributed by atoms with Gasteiger partial charge in [-0.1, -0.05) is 35.5 Å². The van der Waals surface area contributed by atoms with E-state index in [0.717, 1.165) is 52.7 Å². The molecule has 2 heterocycles. The molecule has 0 amide bonds. The molecule has 1 aliphatic carbocycles. The maximum atomic E-state index is 14.4. The van der Waals surface area contributed by atoms with Gasteiger partial charge in [0.05, 0.1) is 11.1 Å². The molecule has 0 aliphatic heterocycles. The molecule has 0 spiro atoms. The molecule has 0 radical (unpaired) electrons. The lowest BCUT2D eigenvalue weighted by molar-refractivity contribution is 0.617. The number of hydrogen-bond donors (Lipinski definition) is 0. The smallest absolute Gasteiger partial charge is 0.267 e. The summed E-state index contributed by atoms with van der Waals surface area (Å²) in [6.07, 6.45) is 4.19. The summed E-state index contributed by atoms with van der Waals surface area (Å²) < 4.78 is 16.1. The fourth-order valence-electron chi connectivity index (χ4n) is 4.18. The number of rotatable bonds is 4. The Bertz CT molecular complexity index is 1390. The molecule has 0 saturated carbocycles. The van der Waals surface area contributed by atoms with Gasteiger partial charge in [-0.15, -0.1) is 11.3 Å². The first kappa shape index (κ1) is 21.7. The van der Waals surface area contributed by atoms with E-state index in [-0.39, 0.29) is 11.4 Å². The van der Waals surface area contributed by atoms with E-state index in [9.17, 15) is 9.18 Å². The van der Waals surface area contributed by atoms with Crippen molar-refractivity contribution in [3.63, 3.8) is 0 Å². The molecule has 32 heavy (non-hydrogen) atoms. The molecule has 0 unspecified atom stereocenters. The van der Waals surface area contributed by atoms with E-state index in [1.54, 1.807) is 28.0 Å². The predicted molar refractivity (Wildman–Crippen MR) is 132 cm³/mol. The molecule has 164 valence electrons. The highest BCUT2D eigenvalue weighted by molar-refractivity contribution is 7.98. The molecule has 2 aromatic carbocycles. The number of halogens is 2. The number of aromatic nitrogens is 2. The van der Waals surface area contributed by atoms with Gasteiger partial charge in [-0.25, -0.2) is 9.37 Å². The zero-order chi connectivity index (χ0) is 22.4. The third kappa shape index (κ3) is 3.78. The van der Waals surface area contributed by atoms with Crippen molar-refractivity contribution in [2.45, 2.75) is 50.4 Å². The Morgan fingerprint density at radius 1 is 1.16 bits per heavy atom. The number of fused-ring (bicyclic) bond motifs is 3. The standard InChI is InChI=1S/C25H22ClFN2OS2/c1-14-10-11-16(12-15(14)2)29-24(30)22-17-6-3-4-9-21(17)32-23(22)28-25(29)31-13-18-19(26)7-5-8-20(18)27/h5,7-8,10-12H,3-4,6,9,13H2,1-2H3. The average molecular weight is 485 g/mol. The monoisotopic (exact) mass is 484 g/mol. The molecular formula is C25H22ClFN2OS2. The van der Waals surface area contributed by atoms with Crippen molar-refractivity contribution in [2.75, 3.05) is 0 Å². The summed E-state index contributed by atoms with van der Waals surface area (Å²) in [5.41, 5.74) is 4.60. The number of benzene rings is 2. The molecule has 2 aromatic heterocycles. The lowest BCUT2D eigenvalue weighted by atomic mass is 9.97. The van der Waals surface area contributed by atoms with E-state index in [4.69, 9.17) is 16.6 Å². The lowest BCUT2D eigenvalue weighted by Gasteiger charge is -2.15. The van der Waals surface area contributed by atoms with E-state index in [1.807, 2.05) is 25.1 Å². The Morgan fingerprint density at radius 3 is 2.75 bits per heavy atom. The van der Waals surface area contributed by atoms with Gasteiger partial charge in [-0.2, -0.15) is 0 Å². The first-order chi connectivity index (χ1) is 15.4. The van der Waals surface area contributed by atoms with Gasteiger partial charge in [0.2, 0.25) is 0 Å². The summed E-state index contributed by atoms with van der Waals surface area (Å²) >= 11 is 9.22. The van der Waals surface area contributed by atoms with E-state index in [1.165, 1.54) is 28.3 Å². The van der Waals surface area contributed by atoms with E-state index in [2.05, 4.69) is 6.92 Å². The van der Waals surface area contributed by atoms with Crippen LogP contribution in [0.1, 0.15) is 40.0 Å². The van der Waals surface area contributed by atoms with E-state index in [0.29, 0.717) is 21.5 Å². The van der Waals surface area contributed by atoms with Crippen molar-refractivity contribution in [3.8, 4) is 5.69 Å². The van der Waals surface area contributed by atoms with Gasteiger partial charge in [0.25, 0.3) is 5.56 Å². The van der Waals surface area contributed by atoms with Crippen molar-refractivity contribution in [1.82, 2.24) is 9.55 Å². The predicted octanol–water partition coefficient (Wildman–Crippen LogP) is 7.03. The van der Waals surface area contributed by atoms with Crippen molar-refractivity contribution < 1.29 is 4.39 Å². The maximum absolute atomic E-state index is 14.4. The largest absolute Gasteiger partial charge is 0.268 e. The van der Waals surface area contributed by atoms with Crippen LogP contribution in [-0.4, -0.2) is 9.55 Å². The third-order valence-corrected chi connectivity index (χ3v) is 8.62. The molecule has 7 heteroatoms. The summed E-state index contributed by atoms with van der Waals surface area (Å²) in [6.45, 7) is 4.09. The molecule has 0 atom stereocenters. The van der Waals surface area contributed by atoms with Gasteiger partial charge in [-0.05, 0) is 80.5 Å². The number of aryl methyl sites for hydroxylation is 4. The van der Waals surface area contributed by atoms with Crippen LogP contribution in [0.5, 0.6) is 0 Å². The normalized spacial score (nSPS) is 13.5. The minimum atomic E-state index is -0.349. The van der Waals surface area contributed by atoms with E-state index < -0.39 is 0 Å². The second kappa shape index (κ2) is 8.65. The number of thioether (sulfide) groups is 1. The second-order valence-corrected chi connectivity index (χ2v) is 10.6. The van der Waals surface area contributed by atoms with Crippen LogP contribution in [0.2, 0.25) is 5.02 Å². The molecular weight excluding hydrogens is 463 g/mol. The number of nitrogens with zero attached hydrogens (tertiary/aromatic N) is 2. The molecule has 0 fully saturated rings. The summed E-state index contributed by atoms with van der Waals surface area (Å²) in [6, 6.07) is 10.7. The van der Waals surface area contributed by atoms with Crippen LogP contribution >= 0.6 is 34.7 Å². The van der Waals surface area contributed by atoms with Gasteiger partial charge >= 0.3 is 0 Å². The molecule has 1 aliphatic rings. The highest BCUT2D eigenvalue weighted by Gasteiger charge is 2.23. The fourth-order valence-corrected chi connectivity index (χ4v) is 6.84. The Balaban J connectivity index is 1.69. The minimum absolute atomic E-state index is 0.0419. The Labute approximate surface area is 199 Å². The van der Waals surface area contributed by atoms with Gasteiger partial charge in [-0.3, -0.25) is 9.36 Å². The van der Waals surface area contributed by atoms with Crippen molar-refractivity contribution in [1.29, 1.82) is 0 Å². The summed E-state index contributed by atoms with van der Waals surface area (Å²) in [5, 5.41) is 1.69. The van der Waals surface area contributed by atoms with Crippen LogP contribution in [0.15, 0.2) is 46.3 Å². The summed E-state index contributed by atoms with van der Waals surface area (Å²) in [5.74, 6) is -0.0583.